The van der Waals surface area contributed by atoms with E-state index in [4.69, 9.17) is 10.9 Å². The molecule has 0 aliphatic carbocycles. The topological polar surface area (TPSA) is 55.1 Å². The Balaban J connectivity index is 2.50. The molecule has 1 aromatic rings. The van der Waals surface area contributed by atoms with E-state index in [1.54, 1.807) is 6.92 Å². The number of carbonyl (C=O) groups excluding carboxylic acids is 1. The highest BCUT2D eigenvalue weighted by molar-refractivity contribution is 5.94. The lowest BCUT2D eigenvalue weighted by atomic mass is 10.2. The summed E-state index contributed by atoms with van der Waals surface area (Å²) in [6.07, 6.45) is 6.94. The van der Waals surface area contributed by atoms with E-state index in [1.165, 1.54) is 6.20 Å². The first-order valence-electron chi connectivity index (χ1n) is 3.88. The third-order valence-electron chi connectivity index (χ3n) is 1.55. The van der Waals surface area contributed by atoms with Crippen molar-refractivity contribution in [2.75, 3.05) is 6.54 Å². The Kier molecular flexibility index (Phi) is 3.09. The molecule has 0 saturated carbocycles. The fourth-order valence-corrected chi connectivity index (χ4v) is 0.860. The number of aryl methyl sites for hydroxylation is 1. The van der Waals surface area contributed by atoms with Crippen LogP contribution in [0.15, 0.2) is 10.7 Å². The van der Waals surface area contributed by atoms with Crippen molar-refractivity contribution in [3.63, 3.8) is 0 Å². The zero-order chi connectivity index (χ0) is 9.68. The maximum atomic E-state index is 11.3. The van der Waals surface area contributed by atoms with Crippen molar-refractivity contribution in [1.82, 2.24) is 10.5 Å². The molecule has 0 aliphatic rings. The van der Waals surface area contributed by atoms with Gasteiger partial charge >= 0.3 is 0 Å². The summed E-state index contributed by atoms with van der Waals surface area (Å²) in [5.74, 6) is 2.74. The van der Waals surface area contributed by atoms with Crippen molar-refractivity contribution in [3.05, 3.63) is 17.5 Å². The average Bonchev–Trinajstić information content (AvgIpc) is 2.52. The second-order valence-electron chi connectivity index (χ2n) is 2.51. The summed E-state index contributed by atoms with van der Waals surface area (Å²) in [6.45, 7) is 2.16. The molecule has 0 radical (unpaired) electrons. The van der Waals surface area contributed by atoms with Crippen LogP contribution in [0.1, 0.15) is 22.5 Å². The van der Waals surface area contributed by atoms with E-state index in [0.29, 0.717) is 24.3 Å². The van der Waals surface area contributed by atoms with Crippen LogP contribution in [0, 0.1) is 19.3 Å². The Morgan fingerprint density at radius 2 is 2.62 bits per heavy atom. The largest absolute Gasteiger partial charge is 0.361 e. The zero-order valence-corrected chi connectivity index (χ0v) is 7.33. The number of hydrogen-bond donors (Lipinski definition) is 1. The quantitative estimate of drug-likeness (QED) is 0.548. The van der Waals surface area contributed by atoms with Crippen LogP contribution in [0.2, 0.25) is 0 Å². The van der Waals surface area contributed by atoms with E-state index in [1.807, 2.05) is 0 Å². The summed E-state index contributed by atoms with van der Waals surface area (Å²) < 4.78 is 4.74. The first-order chi connectivity index (χ1) is 6.25. The van der Waals surface area contributed by atoms with Gasteiger partial charge in [-0.2, -0.15) is 0 Å². The van der Waals surface area contributed by atoms with Crippen LogP contribution in [0.25, 0.3) is 0 Å². The number of carbonyl (C=O) groups is 1. The van der Waals surface area contributed by atoms with Crippen molar-refractivity contribution >= 4 is 5.91 Å². The predicted molar refractivity (Wildman–Crippen MR) is 47.0 cm³/mol. The van der Waals surface area contributed by atoms with Crippen LogP contribution in [-0.2, 0) is 0 Å². The molecule has 0 bridgehead atoms. The van der Waals surface area contributed by atoms with Gasteiger partial charge in [-0.25, -0.2) is 0 Å². The summed E-state index contributed by atoms with van der Waals surface area (Å²) >= 11 is 0. The van der Waals surface area contributed by atoms with Gasteiger partial charge in [-0.15, -0.1) is 12.3 Å². The molecule has 4 nitrogen and oxygen atoms in total. The highest BCUT2D eigenvalue weighted by atomic mass is 16.5. The molecule has 1 heterocycles. The lowest BCUT2D eigenvalue weighted by Gasteiger charge is -1.99. The van der Waals surface area contributed by atoms with Gasteiger partial charge in [-0.05, 0) is 6.92 Å². The summed E-state index contributed by atoms with van der Waals surface area (Å²) in [7, 11) is 0. The van der Waals surface area contributed by atoms with Gasteiger partial charge in [0.15, 0.2) is 0 Å². The number of aromatic nitrogens is 1. The SMILES string of the molecule is C#CCCNC(=O)c1cnoc1C. The number of hydrogen-bond acceptors (Lipinski definition) is 3. The van der Waals surface area contributed by atoms with Gasteiger partial charge < -0.3 is 9.84 Å². The van der Waals surface area contributed by atoms with E-state index in [9.17, 15) is 4.79 Å². The zero-order valence-electron chi connectivity index (χ0n) is 7.33. The Morgan fingerprint density at radius 1 is 1.85 bits per heavy atom. The number of nitrogens with zero attached hydrogens (tertiary/aromatic N) is 1. The van der Waals surface area contributed by atoms with Crippen molar-refractivity contribution < 1.29 is 9.32 Å². The summed E-state index contributed by atoms with van der Waals surface area (Å²) in [6, 6.07) is 0. The van der Waals surface area contributed by atoms with Crippen LogP contribution in [0.5, 0.6) is 0 Å². The highest BCUT2D eigenvalue weighted by Crippen LogP contribution is 2.04. The first-order valence-corrected chi connectivity index (χ1v) is 3.88. The number of rotatable bonds is 3. The van der Waals surface area contributed by atoms with Crippen molar-refractivity contribution in [3.8, 4) is 12.3 Å². The molecule has 0 aliphatic heterocycles. The number of terminal acetylenes is 1. The Labute approximate surface area is 76.3 Å². The van der Waals surface area contributed by atoms with Gasteiger partial charge in [0.2, 0.25) is 0 Å². The standard InChI is InChI=1S/C9H10N2O2/c1-3-4-5-10-9(12)8-6-11-13-7(8)2/h1,6H,4-5H2,2H3,(H,10,12). The van der Waals surface area contributed by atoms with Crippen molar-refractivity contribution in [2.45, 2.75) is 13.3 Å². The van der Waals surface area contributed by atoms with Crippen molar-refractivity contribution in [2.24, 2.45) is 0 Å². The molecule has 1 amide bonds. The molecular weight excluding hydrogens is 168 g/mol. The molecule has 0 saturated heterocycles. The molecule has 0 unspecified atom stereocenters. The molecule has 13 heavy (non-hydrogen) atoms. The fourth-order valence-electron chi connectivity index (χ4n) is 0.860. The van der Waals surface area contributed by atoms with E-state index < -0.39 is 0 Å². The van der Waals surface area contributed by atoms with Crippen LogP contribution in [0.4, 0.5) is 0 Å². The maximum Gasteiger partial charge on any atom is 0.256 e. The Bertz CT molecular complexity index is 336. The summed E-state index contributed by atoms with van der Waals surface area (Å²) in [4.78, 5) is 11.3. The van der Waals surface area contributed by atoms with Crippen LogP contribution < -0.4 is 5.32 Å². The van der Waals surface area contributed by atoms with E-state index in [0.717, 1.165) is 0 Å². The summed E-state index contributed by atoms with van der Waals surface area (Å²) in [5.41, 5.74) is 0.456. The molecule has 4 heteroatoms. The van der Waals surface area contributed by atoms with E-state index >= 15 is 0 Å². The van der Waals surface area contributed by atoms with Gasteiger partial charge in [0.25, 0.3) is 5.91 Å². The highest BCUT2D eigenvalue weighted by Gasteiger charge is 2.11. The second-order valence-corrected chi connectivity index (χ2v) is 2.51. The van der Waals surface area contributed by atoms with Gasteiger partial charge in [-0.1, -0.05) is 5.16 Å². The van der Waals surface area contributed by atoms with Crippen LogP contribution >= 0.6 is 0 Å². The average molecular weight is 178 g/mol. The summed E-state index contributed by atoms with van der Waals surface area (Å²) in [5, 5.41) is 6.14. The first kappa shape index (κ1) is 9.33. The van der Waals surface area contributed by atoms with Gasteiger partial charge in [0.1, 0.15) is 11.3 Å². The molecule has 0 fully saturated rings. The molecule has 68 valence electrons. The number of amides is 1. The Hall–Kier alpha value is -1.76. The minimum atomic E-state index is -0.200. The lowest BCUT2D eigenvalue weighted by molar-refractivity contribution is 0.0953. The van der Waals surface area contributed by atoms with Crippen LogP contribution in [-0.4, -0.2) is 17.6 Å². The second kappa shape index (κ2) is 4.31. The monoisotopic (exact) mass is 178 g/mol. The molecule has 1 aromatic heterocycles. The molecule has 0 spiro atoms. The number of nitrogens with one attached hydrogen (secondary N) is 1. The van der Waals surface area contributed by atoms with Crippen molar-refractivity contribution in [1.29, 1.82) is 0 Å². The minimum absolute atomic E-state index is 0.200. The third kappa shape index (κ3) is 2.34. The normalized spacial score (nSPS) is 9.23. The lowest BCUT2D eigenvalue weighted by Crippen LogP contribution is -2.24. The minimum Gasteiger partial charge on any atom is -0.361 e. The van der Waals surface area contributed by atoms with E-state index in [2.05, 4.69) is 16.4 Å². The van der Waals surface area contributed by atoms with Gasteiger partial charge in [0.05, 0.1) is 6.20 Å². The molecule has 0 aromatic carbocycles. The van der Waals surface area contributed by atoms with Crippen LogP contribution in [0.3, 0.4) is 0 Å². The van der Waals surface area contributed by atoms with E-state index in [-0.39, 0.29) is 5.91 Å². The predicted octanol–water partition coefficient (Wildman–Crippen LogP) is 0.736. The molecule has 1 rings (SSSR count). The van der Waals surface area contributed by atoms with Gasteiger partial charge in [0, 0.05) is 13.0 Å². The molecule has 1 N–H and O–H groups in total. The maximum absolute atomic E-state index is 11.3. The molecule has 0 atom stereocenters. The van der Waals surface area contributed by atoms with Gasteiger partial charge in [-0.3, -0.25) is 4.79 Å². The smallest absolute Gasteiger partial charge is 0.256 e. The Morgan fingerprint density at radius 3 is 3.15 bits per heavy atom. The third-order valence-corrected chi connectivity index (χ3v) is 1.55. The fraction of sp³-hybridized carbons (Fsp3) is 0.333. The molecular formula is C9H10N2O2.